The van der Waals surface area contributed by atoms with Crippen LogP contribution in [0.3, 0.4) is 0 Å². The van der Waals surface area contributed by atoms with Crippen LogP contribution in [0.1, 0.15) is 5.56 Å². The van der Waals surface area contributed by atoms with Crippen LogP contribution in [0.4, 0.5) is 14.6 Å². The van der Waals surface area contributed by atoms with E-state index in [9.17, 15) is 8.78 Å². The third kappa shape index (κ3) is 2.14. The second-order valence-corrected chi connectivity index (χ2v) is 3.72. The third-order valence-corrected chi connectivity index (χ3v) is 2.38. The smallest absolute Gasteiger partial charge is 0.140 e. The Labute approximate surface area is 95.4 Å². The predicted molar refractivity (Wildman–Crippen MR) is 57.1 cm³/mol. The Bertz CT molecular complexity index is 505. The molecule has 0 aliphatic carbocycles. The molecule has 2 rings (SSSR count). The molecule has 1 aromatic carbocycles. The van der Waals surface area contributed by atoms with Gasteiger partial charge in [-0.3, -0.25) is 0 Å². The molecule has 2 N–H and O–H groups in total. The molecule has 1 aromatic heterocycles. The Morgan fingerprint density at radius 1 is 1.25 bits per heavy atom. The molecule has 0 aliphatic heterocycles. The van der Waals surface area contributed by atoms with Crippen molar-refractivity contribution in [1.82, 2.24) is 9.78 Å². The molecule has 0 saturated carbocycles. The lowest BCUT2D eigenvalue weighted by Gasteiger charge is -2.04. The van der Waals surface area contributed by atoms with E-state index < -0.39 is 11.6 Å². The van der Waals surface area contributed by atoms with Gasteiger partial charge in [-0.15, -0.1) is 0 Å². The highest BCUT2D eigenvalue weighted by Gasteiger charge is 2.07. The summed E-state index contributed by atoms with van der Waals surface area (Å²) < 4.78 is 27.2. The van der Waals surface area contributed by atoms with E-state index in [0.29, 0.717) is 10.6 Å². The van der Waals surface area contributed by atoms with Gasteiger partial charge in [0.25, 0.3) is 0 Å². The molecular formula is C10H8ClF2N3. The van der Waals surface area contributed by atoms with Gasteiger partial charge in [-0.2, -0.15) is 5.10 Å². The highest BCUT2D eigenvalue weighted by atomic mass is 35.5. The first-order valence-electron chi connectivity index (χ1n) is 4.48. The number of aromatic nitrogens is 2. The zero-order valence-electron chi connectivity index (χ0n) is 8.12. The van der Waals surface area contributed by atoms with Gasteiger partial charge >= 0.3 is 0 Å². The number of rotatable bonds is 2. The first kappa shape index (κ1) is 10.9. The SMILES string of the molecule is Nc1c(Cl)cnn1Cc1cc(F)cc(F)c1. The summed E-state index contributed by atoms with van der Waals surface area (Å²) in [6, 6.07) is 3.25. The number of nitrogen functional groups attached to an aromatic ring is 1. The van der Waals surface area contributed by atoms with Crippen LogP contribution in [-0.2, 0) is 6.54 Å². The van der Waals surface area contributed by atoms with Crippen LogP contribution in [0.15, 0.2) is 24.4 Å². The van der Waals surface area contributed by atoms with Crippen molar-refractivity contribution < 1.29 is 8.78 Å². The molecule has 0 fully saturated rings. The van der Waals surface area contributed by atoms with Crippen molar-refractivity contribution >= 4 is 17.4 Å². The van der Waals surface area contributed by atoms with Crippen LogP contribution >= 0.6 is 11.6 Å². The maximum atomic E-state index is 12.9. The summed E-state index contributed by atoms with van der Waals surface area (Å²) in [6.45, 7) is 0.174. The highest BCUT2D eigenvalue weighted by molar-refractivity contribution is 6.32. The minimum atomic E-state index is -0.633. The average Bonchev–Trinajstić information content (AvgIpc) is 2.48. The molecule has 2 aromatic rings. The summed E-state index contributed by atoms with van der Waals surface area (Å²) in [5.74, 6) is -0.995. The van der Waals surface area contributed by atoms with Gasteiger partial charge in [0.05, 0.1) is 12.7 Å². The predicted octanol–water partition coefficient (Wildman–Crippen LogP) is 2.45. The second kappa shape index (κ2) is 4.09. The zero-order valence-corrected chi connectivity index (χ0v) is 8.88. The Hall–Kier alpha value is -1.62. The first-order chi connectivity index (χ1) is 7.56. The fourth-order valence-corrected chi connectivity index (χ4v) is 1.51. The van der Waals surface area contributed by atoms with Gasteiger partial charge in [0, 0.05) is 6.07 Å². The number of nitrogens with two attached hydrogens (primary N) is 1. The van der Waals surface area contributed by atoms with Gasteiger partial charge in [0.2, 0.25) is 0 Å². The van der Waals surface area contributed by atoms with Gasteiger partial charge in [0.1, 0.15) is 22.5 Å². The maximum Gasteiger partial charge on any atom is 0.140 e. The van der Waals surface area contributed by atoms with Crippen LogP contribution in [0.2, 0.25) is 5.02 Å². The second-order valence-electron chi connectivity index (χ2n) is 3.31. The van der Waals surface area contributed by atoms with Crippen molar-refractivity contribution in [2.45, 2.75) is 6.54 Å². The summed E-state index contributed by atoms with van der Waals surface area (Å²) in [5, 5.41) is 4.20. The number of halogens is 3. The quantitative estimate of drug-likeness (QED) is 0.881. The summed E-state index contributed by atoms with van der Waals surface area (Å²) >= 11 is 5.70. The third-order valence-electron chi connectivity index (χ3n) is 2.09. The number of anilines is 1. The lowest BCUT2D eigenvalue weighted by Crippen LogP contribution is -2.06. The van der Waals surface area contributed by atoms with Crippen LogP contribution < -0.4 is 5.73 Å². The number of hydrogen-bond acceptors (Lipinski definition) is 2. The molecule has 0 aliphatic rings. The molecule has 3 nitrogen and oxygen atoms in total. The standard InChI is InChI=1S/C10H8ClF2N3/c11-9-4-15-16(10(9)14)5-6-1-7(12)3-8(13)2-6/h1-4H,5,14H2. The minimum absolute atomic E-state index is 0.174. The van der Waals surface area contributed by atoms with E-state index in [1.54, 1.807) is 0 Å². The van der Waals surface area contributed by atoms with Crippen molar-refractivity contribution in [3.63, 3.8) is 0 Å². The normalized spacial score (nSPS) is 10.7. The number of hydrogen-bond donors (Lipinski definition) is 1. The van der Waals surface area contributed by atoms with Crippen molar-refractivity contribution in [3.8, 4) is 0 Å². The summed E-state index contributed by atoms with van der Waals surface area (Å²) in [4.78, 5) is 0. The van der Waals surface area contributed by atoms with E-state index in [1.165, 1.54) is 23.0 Å². The fraction of sp³-hybridized carbons (Fsp3) is 0.100. The Morgan fingerprint density at radius 3 is 2.38 bits per heavy atom. The van der Waals surface area contributed by atoms with Crippen LogP contribution in [0.25, 0.3) is 0 Å². The maximum absolute atomic E-state index is 12.9. The van der Waals surface area contributed by atoms with Crippen molar-refractivity contribution in [2.24, 2.45) is 0 Å². The largest absolute Gasteiger partial charge is 0.383 e. The van der Waals surface area contributed by atoms with Gasteiger partial charge in [0.15, 0.2) is 0 Å². The average molecular weight is 244 g/mol. The lowest BCUT2D eigenvalue weighted by atomic mass is 10.2. The number of benzene rings is 1. The van der Waals surface area contributed by atoms with Gasteiger partial charge in [-0.1, -0.05) is 11.6 Å². The van der Waals surface area contributed by atoms with Crippen molar-refractivity contribution in [3.05, 3.63) is 46.6 Å². The molecule has 0 amide bonds. The van der Waals surface area contributed by atoms with E-state index >= 15 is 0 Å². The van der Waals surface area contributed by atoms with Crippen molar-refractivity contribution in [2.75, 3.05) is 5.73 Å². The van der Waals surface area contributed by atoms with E-state index in [1.807, 2.05) is 0 Å². The molecule has 16 heavy (non-hydrogen) atoms. The Kier molecular flexibility index (Phi) is 2.78. The van der Waals surface area contributed by atoms with E-state index in [-0.39, 0.29) is 12.4 Å². The fourth-order valence-electron chi connectivity index (χ4n) is 1.37. The summed E-state index contributed by atoms with van der Waals surface area (Å²) in [6.07, 6.45) is 1.38. The molecule has 0 radical (unpaired) electrons. The molecular weight excluding hydrogens is 236 g/mol. The summed E-state index contributed by atoms with van der Waals surface area (Å²) in [7, 11) is 0. The van der Waals surface area contributed by atoms with Crippen LogP contribution in [0.5, 0.6) is 0 Å². The van der Waals surface area contributed by atoms with Gasteiger partial charge in [-0.05, 0) is 17.7 Å². The zero-order chi connectivity index (χ0) is 11.7. The highest BCUT2D eigenvalue weighted by Crippen LogP contribution is 2.18. The molecule has 0 spiro atoms. The Morgan fingerprint density at radius 2 is 1.88 bits per heavy atom. The first-order valence-corrected chi connectivity index (χ1v) is 4.86. The minimum Gasteiger partial charge on any atom is -0.383 e. The molecule has 6 heteroatoms. The molecule has 0 bridgehead atoms. The summed E-state index contributed by atoms with van der Waals surface area (Å²) in [5.41, 5.74) is 6.04. The lowest BCUT2D eigenvalue weighted by molar-refractivity contribution is 0.575. The van der Waals surface area contributed by atoms with Gasteiger partial charge < -0.3 is 5.73 Å². The topological polar surface area (TPSA) is 43.8 Å². The van der Waals surface area contributed by atoms with Crippen molar-refractivity contribution in [1.29, 1.82) is 0 Å². The van der Waals surface area contributed by atoms with E-state index in [0.717, 1.165) is 6.07 Å². The van der Waals surface area contributed by atoms with Crippen LogP contribution in [0, 0.1) is 11.6 Å². The molecule has 84 valence electrons. The Balaban J connectivity index is 2.30. The monoisotopic (exact) mass is 243 g/mol. The van der Waals surface area contributed by atoms with Crippen LogP contribution in [-0.4, -0.2) is 9.78 Å². The molecule has 1 heterocycles. The number of nitrogens with zero attached hydrogens (tertiary/aromatic N) is 2. The molecule has 0 unspecified atom stereocenters. The van der Waals surface area contributed by atoms with E-state index in [2.05, 4.69) is 5.10 Å². The molecule has 0 saturated heterocycles. The van der Waals surface area contributed by atoms with Gasteiger partial charge in [-0.25, -0.2) is 13.5 Å². The molecule has 0 atom stereocenters. The van der Waals surface area contributed by atoms with E-state index in [4.69, 9.17) is 17.3 Å².